The van der Waals surface area contributed by atoms with Crippen molar-refractivity contribution < 1.29 is 9.53 Å². The van der Waals surface area contributed by atoms with Crippen LogP contribution in [0.4, 0.5) is 5.82 Å². The van der Waals surface area contributed by atoms with Crippen LogP contribution in [0.15, 0.2) is 35.6 Å². The van der Waals surface area contributed by atoms with Gasteiger partial charge in [-0.1, -0.05) is 23.9 Å². The molecule has 0 aliphatic heterocycles. The van der Waals surface area contributed by atoms with Gasteiger partial charge >= 0.3 is 5.97 Å². The molecule has 0 atom stereocenters. The highest BCUT2D eigenvalue weighted by Gasteiger charge is 2.15. The second kappa shape index (κ2) is 7.31. The molecular formula is C16H17N5O2S. The molecule has 2 N–H and O–H groups in total. The normalized spacial score (nSPS) is 10.8. The Morgan fingerprint density at radius 3 is 2.92 bits per heavy atom. The number of fused-ring (bicyclic) bond motifs is 1. The third kappa shape index (κ3) is 3.48. The predicted molar refractivity (Wildman–Crippen MR) is 93.2 cm³/mol. The molecule has 0 saturated carbocycles. The summed E-state index contributed by atoms with van der Waals surface area (Å²) >= 11 is 1.51. The minimum Gasteiger partial charge on any atom is -0.462 e. The first kappa shape index (κ1) is 16.3. The number of ether oxygens (including phenoxy) is 1. The van der Waals surface area contributed by atoms with E-state index in [0.29, 0.717) is 29.6 Å². The number of imidazole rings is 1. The van der Waals surface area contributed by atoms with Crippen LogP contribution in [0.3, 0.4) is 0 Å². The molecule has 24 heavy (non-hydrogen) atoms. The van der Waals surface area contributed by atoms with E-state index in [1.807, 2.05) is 24.3 Å². The second-order valence-electron chi connectivity index (χ2n) is 4.87. The van der Waals surface area contributed by atoms with Crippen LogP contribution in [0.5, 0.6) is 0 Å². The van der Waals surface area contributed by atoms with Gasteiger partial charge in [0.15, 0.2) is 5.16 Å². The number of anilines is 1. The van der Waals surface area contributed by atoms with E-state index in [-0.39, 0.29) is 0 Å². The lowest BCUT2D eigenvalue weighted by molar-refractivity contribution is 0.0526. The summed E-state index contributed by atoms with van der Waals surface area (Å²) in [4.78, 5) is 28.2. The first-order valence-electron chi connectivity index (χ1n) is 7.49. The maximum Gasteiger partial charge on any atom is 0.343 e. The van der Waals surface area contributed by atoms with E-state index in [4.69, 9.17) is 4.74 Å². The molecule has 0 amide bonds. The van der Waals surface area contributed by atoms with Crippen LogP contribution in [0.2, 0.25) is 0 Å². The highest BCUT2D eigenvalue weighted by atomic mass is 32.2. The topological polar surface area (TPSA) is 92.8 Å². The number of hydrogen-bond donors (Lipinski definition) is 2. The van der Waals surface area contributed by atoms with E-state index in [1.54, 1.807) is 14.0 Å². The Morgan fingerprint density at radius 2 is 2.17 bits per heavy atom. The third-order valence-electron chi connectivity index (χ3n) is 3.28. The number of nitrogens with zero attached hydrogens (tertiary/aromatic N) is 3. The first-order chi connectivity index (χ1) is 11.7. The van der Waals surface area contributed by atoms with Crippen molar-refractivity contribution in [2.45, 2.75) is 17.8 Å². The lowest BCUT2D eigenvalue weighted by Crippen LogP contribution is -2.11. The molecule has 0 aliphatic rings. The molecule has 2 aromatic heterocycles. The Morgan fingerprint density at radius 1 is 1.33 bits per heavy atom. The summed E-state index contributed by atoms with van der Waals surface area (Å²) in [5.41, 5.74) is 2.25. The number of benzene rings is 1. The van der Waals surface area contributed by atoms with Crippen molar-refractivity contribution in [3.63, 3.8) is 0 Å². The van der Waals surface area contributed by atoms with Crippen LogP contribution >= 0.6 is 11.8 Å². The second-order valence-corrected chi connectivity index (χ2v) is 5.83. The van der Waals surface area contributed by atoms with Gasteiger partial charge in [0.1, 0.15) is 17.2 Å². The fourth-order valence-electron chi connectivity index (χ4n) is 2.17. The van der Waals surface area contributed by atoms with Crippen molar-refractivity contribution in [3.8, 4) is 0 Å². The summed E-state index contributed by atoms with van der Waals surface area (Å²) in [7, 11) is 1.71. The van der Waals surface area contributed by atoms with Crippen LogP contribution in [-0.2, 0) is 10.5 Å². The molecule has 3 rings (SSSR count). The largest absolute Gasteiger partial charge is 0.462 e. The van der Waals surface area contributed by atoms with Crippen molar-refractivity contribution in [3.05, 3.63) is 41.9 Å². The van der Waals surface area contributed by atoms with Crippen molar-refractivity contribution >= 4 is 34.6 Å². The molecule has 0 radical (unpaired) electrons. The number of rotatable bonds is 6. The molecule has 1 aromatic carbocycles. The summed E-state index contributed by atoms with van der Waals surface area (Å²) in [6.07, 6.45) is 1.49. The van der Waals surface area contributed by atoms with Gasteiger partial charge in [-0.3, -0.25) is 0 Å². The van der Waals surface area contributed by atoms with E-state index in [0.717, 1.165) is 16.2 Å². The SMILES string of the molecule is CCOC(=O)c1cnc(CSc2nc3ccccc3[nH]2)nc1NC. The van der Waals surface area contributed by atoms with Crippen molar-refractivity contribution in [2.75, 3.05) is 19.0 Å². The molecule has 124 valence electrons. The molecule has 0 spiro atoms. The maximum absolute atomic E-state index is 11.9. The lowest BCUT2D eigenvalue weighted by Gasteiger charge is -2.08. The van der Waals surface area contributed by atoms with Crippen LogP contribution in [0.25, 0.3) is 11.0 Å². The van der Waals surface area contributed by atoms with Crippen molar-refractivity contribution in [2.24, 2.45) is 0 Å². The minimum atomic E-state index is -0.432. The van der Waals surface area contributed by atoms with Gasteiger partial charge in [0, 0.05) is 13.2 Å². The summed E-state index contributed by atoms with van der Waals surface area (Å²) in [6, 6.07) is 7.86. The molecule has 0 aliphatic carbocycles. The fraction of sp³-hybridized carbons (Fsp3) is 0.250. The minimum absolute atomic E-state index is 0.311. The summed E-state index contributed by atoms with van der Waals surface area (Å²) in [5.74, 6) is 1.18. The highest BCUT2D eigenvalue weighted by Crippen LogP contribution is 2.22. The monoisotopic (exact) mass is 343 g/mol. The smallest absolute Gasteiger partial charge is 0.343 e. The van der Waals surface area contributed by atoms with Gasteiger partial charge in [0.2, 0.25) is 0 Å². The predicted octanol–water partition coefficient (Wildman–Crippen LogP) is 2.86. The van der Waals surface area contributed by atoms with E-state index in [2.05, 4.69) is 25.3 Å². The molecule has 0 saturated heterocycles. The van der Waals surface area contributed by atoms with Gasteiger partial charge < -0.3 is 15.0 Å². The number of hydrogen-bond acceptors (Lipinski definition) is 7. The molecule has 2 heterocycles. The number of aromatic nitrogens is 4. The zero-order valence-corrected chi connectivity index (χ0v) is 14.2. The van der Waals surface area contributed by atoms with E-state index >= 15 is 0 Å². The van der Waals surface area contributed by atoms with Gasteiger partial charge in [-0.05, 0) is 19.1 Å². The molecular weight excluding hydrogens is 326 g/mol. The standard InChI is InChI=1S/C16H17N5O2S/c1-3-23-15(22)10-8-18-13(21-14(10)17-2)9-24-16-19-11-6-4-5-7-12(11)20-16/h4-8H,3,9H2,1-2H3,(H,19,20)(H,17,18,21). The number of nitrogens with one attached hydrogen (secondary N) is 2. The molecule has 8 heteroatoms. The number of carbonyl (C=O) groups excluding carboxylic acids is 1. The van der Waals surface area contributed by atoms with Crippen LogP contribution in [-0.4, -0.2) is 39.6 Å². The van der Waals surface area contributed by atoms with Gasteiger partial charge in [-0.15, -0.1) is 0 Å². The quantitative estimate of drug-likeness (QED) is 0.525. The average Bonchev–Trinajstić information content (AvgIpc) is 3.02. The molecule has 3 aromatic rings. The van der Waals surface area contributed by atoms with Crippen molar-refractivity contribution in [1.82, 2.24) is 19.9 Å². The average molecular weight is 343 g/mol. The first-order valence-corrected chi connectivity index (χ1v) is 8.48. The Bertz CT molecular complexity index is 832. The molecule has 0 unspecified atom stereocenters. The number of para-hydroxylation sites is 2. The van der Waals surface area contributed by atoms with E-state index in [9.17, 15) is 4.79 Å². The van der Waals surface area contributed by atoms with Crippen molar-refractivity contribution in [1.29, 1.82) is 0 Å². The fourth-order valence-corrected chi connectivity index (χ4v) is 2.92. The van der Waals surface area contributed by atoms with E-state index in [1.165, 1.54) is 18.0 Å². The van der Waals surface area contributed by atoms with Gasteiger partial charge in [0.25, 0.3) is 0 Å². The summed E-state index contributed by atoms with van der Waals surface area (Å²) in [5, 5.41) is 3.72. The third-order valence-corrected chi connectivity index (χ3v) is 4.15. The highest BCUT2D eigenvalue weighted by molar-refractivity contribution is 7.98. The van der Waals surface area contributed by atoms with E-state index < -0.39 is 5.97 Å². The Kier molecular flexibility index (Phi) is 4.95. The summed E-state index contributed by atoms with van der Waals surface area (Å²) in [6.45, 7) is 2.07. The van der Waals surface area contributed by atoms with Crippen LogP contribution in [0, 0.1) is 0 Å². The molecule has 0 bridgehead atoms. The number of esters is 1. The number of H-pyrrole nitrogens is 1. The number of carbonyl (C=O) groups is 1. The van der Waals surface area contributed by atoms with Crippen LogP contribution < -0.4 is 5.32 Å². The Labute approximate surface area is 143 Å². The zero-order chi connectivity index (χ0) is 16.9. The maximum atomic E-state index is 11.9. The van der Waals surface area contributed by atoms with Gasteiger partial charge in [-0.25, -0.2) is 19.7 Å². The molecule has 7 nitrogen and oxygen atoms in total. The number of aromatic amines is 1. The lowest BCUT2D eigenvalue weighted by atomic mass is 10.3. The summed E-state index contributed by atoms with van der Waals surface area (Å²) < 4.78 is 4.99. The van der Waals surface area contributed by atoms with Crippen LogP contribution in [0.1, 0.15) is 23.1 Å². The zero-order valence-electron chi connectivity index (χ0n) is 13.4. The molecule has 0 fully saturated rings. The Hall–Kier alpha value is -2.61. The number of thioether (sulfide) groups is 1. The van der Waals surface area contributed by atoms with Gasteiger partial charge in [-0.2, -0.15) is 0 Å². The Balaban J connectivity index is 1.74. The van der Waals surface area contributed by atoms with Gasteiger partial charge in [0.05, 0.1) is 23.4 Å².